The Morgan fingerprint density at radius 2 is 2.17 bits per heavy atom. The molecule has 3 heteroatoms. The van der Waals surface area contributed by atoms with Gasteiger partial charge in [0.25, 0.3) is 0 Å². The van der Waals surface area contributed by atoms with Crippen molar-refractivity contribution in [2.45, 2.75) is 6.92 Å². The number of morpholine rings is 1. The fourth-order valence-electron chi connectivity index (χ4n) is 1.00. The highest BCUT2D eigenvalue weighted by molar-refractivity contribution is 9.09. The zero-order valence-corrected chi connectivity index (χ0v) is 9.01. The smallest absolute Gasteiger partial charge is 0.166 e. The molecule has 0 aromatic carbocycles. The van der Waals surface area contributed by atoms with Crippen LogP contribution < -0.4 is 0 Å². The zero-order chi connectivity index (χ0) is 8.81. The number of hydrogen-bond donors (Lipinski definition) is 0. The lowest BCUT2D eigenvalue weighted by Crippen LogP contribution is -2.28. The van der Waals surface area contributed by atoms with Crippen molar-refractivity contribution in [3.63, 3.8) is 0 Å². The van der Waals surface area contributed by atoms with Crippen LogP contribution in [-0.4, -0.2) is 42.4 Å². The molecule has 0 atom stereocenters. The van der Waals surface area contributed by atoms with E-state index in [9.17, 15) is 0 Å². The number of ether oxygens (including phenoxy) is 1. The van der Waals surface area contributed by atoms with Crippen LogP contribution in [-0.2, 0) is 4.74 Å². The van der Waals surface area contributed by atoms with Gasteiger partial charge in [0, 0.05) is 11.4 Å². The maximum atomic E-state index is 5.24. The minimum atomic E-state index is 0.859. The van der Waals surface area contributed by atoms with E-state index in [4.69, 9.17) is 4.74 Å². The van der Waals surface area contributed by atoms with Crippen LogP contribution in [0.15, 0.2) is 11.6 Å². The number of rotatable bonds is 2. The predicted octanol–water partition coefficient (Wildman–Crippen LogP) is 1.44. The molecule has 0 aromatic rings. The first-order valence-electron chi connectivity index (χ1n) is 4.21. The predicted molar refractivity (Wildman–Crippen MR) is 54.4 cm³/mol. The van der Waals surface area contributed by atoms with E-state index in [1.165, 1.54) is 5.57 Å². The van der Waals surface area contributed by atoms with Crippen LogP contribution in [0.25, 0.3) is 0 Å². The van der Waals surface area contributed by atoms with Gasteiger partial charge in [-0.3, -0.25) is 0 Å². The van der Waals surface area contributed by atoms with E-state index in [0.717, 1.165) is 31.6 Å². The van der Waals surface area contributed by atoms with Gasteiger partial charge >= 0.3 is 0 Å². The Morgan fingerprint density at radius 1 is 1.50 bits per heavy atom. The highest BCUT2D eigenvalue weighted by atomic mass is 79.9. The number of hydrogen-bond acceptors (Lipinski definition) is 1. The van der Waals surface area contributed by atoms with Crippen LogP contribution >= 0.6 is 15.9 Å². The molecule has 0 amide bonds. The molecule has 1 rings (SSSR count). The molecule has 0 N–H and O–H groups in total. The van der Waals surface area contributed by atoms with Crippen molar-refractivity contribution in [2.75, 3.05) is 31.6 Å². The summed E-state index contributed by atoms with van der Waals surface area (Å²) in [6, 6.07) is 0. The molecule has 1 saturated heterocycles. The Hall–Kier alpha value is -0.150. The Kier molecular flexibility index (Phi) is 4.54. The van der Waals surface area contributed by atoms with Crippen LogP contribution in [0.4, 0.5) is 0 Å². The second-order valence-electron chi connectivity index (χ2n) is 2.94. The summed E-state index contributed by atoms with van der Waals surface area (Å²) in [6.07, 6.45) is 4.30. The molecule has 0 unspecified atom stereocenters. The second-order valence-corrected chi connectivity index (χ2v) is 3.50. The molecule has 1 aliphatic rings. The number of allylic oxidation sites excluding steroid dienone is 2. The second kappa shape index (κ2) is 5.49. The maximum Gasteiger partial charge on any atom is 0.166 e. The minimum absolute atomic E-state index is 0.859. The molecule has 1 aliphatic heterocycles. The van der Waals surface area contributed by atoms with Crippen LogP contribution in [0.5, 0.6) is 0 Å². The van der Waals surface area contributed by atoms with Crippen LogP contribution in [0.1, 0.15) is 6.92 Å². The first-order valence-corrected chi connectivity index (χ1v) is 5.33. The number of halogens is 1. The van der Waals surface area contributed by atoms with Gasteiger partial charge in [-0.05, 0) is 6.92 Å². The molecule has 1 heterocycles. The fraction of sp³-hybridized carbons (Fsp3) is 0.667. The molecule has 0 spiro atoms. The van der Waals surface area contributed by atoms with Crippen molar-refractivity contribution >= 4 is 22.1 Å². The molecule has 68 valence electrons. The highest BCUT2D eigenvalue weighted by Gasteiger charge is 2.08. The molecule has 1 fully saturated rings. The summed E-state index contributed by atoms with van der Waals surface area (Å²) in [6.45, 7) is 5.87. The summed E-state index contributed by atoms with van der Waals surface area (Å²) in [5, 5.41) is 0.952. The van der Waals surface area contributed by atoms with E-state index < -0.39 is 0 Å². The lowest BCUT2D eigenvalue weighted by molar-refractivity contribution is -0.544. The zero-order valence-electron chi connectivity index (χ0n) is 7.42. The molecule has 0 aliphatic carbocycles. The number of nitrogens with zero attached hydrogens (tertiary/aromatic N) is 1. The van der Waals surface area contributed by atoms with E-state index in [0.29, 0.717) is 0 Å². The SMILES string of the molecule is C/C(=C\C=[N+]1CCOCC1)CBr. The number of alkyl halides is 1. The van der Waals surface area contributed by atoms with E-state index >= 15 is 0 Å². The molecule has 2 nitrogen and oxygen atoms in total. The molecule has 0 bridgehead atoms. The first kappa shape index (κ1) is 9.93. The third-order valence-electron chi connectivity index (χ3n) is 1.83. The molecule has 0 aromatic heterocycles. The lowest BCUT2D eigenvalue weighted by atomic mass is 10.3. The van der Waals surface area contributed by atoms with Gasteiger partial charge in [-0.15, -0.1) is 0 Å². The first-order chi connectivity index (χ1) is 5.83. The summed E-state index contributed by atoms with van der Waals surface area (Å²) in [4.78, 5) is 0. The van der Waals surface area contributed by atoms with Gasteiger partial charge in [-0.2, -0.15) is 0 Å². The van der Waals surface area contributed by atoms with Crippen LogP contribution in [0, 0.1) is 0 Å². The van der Waals surface area contributed by atoms with Gasteiger partial charge in [-0.25, -0.2) is 4.58 Å². The van der Waals surface area contributed by atoms with Gasteiger partial charge < -0.3 is 4.74 Å². The summed E-state index contributed by atoms with van der Waals surface area (Å²) in [7, 11) is 0. The Labute approximate surface area is 82.0 Å². The summed E-state index contributed by atoms with van der Waals surface area (Å²) >= 11 is 3.41. The summed E-state index contributed by atoms with van der Waals surface area (Å²) < 4.78 is 7.53. The third-order valence-corrected chi connectivity index (χ3v) is 2.71. The Morgan fingerprint density at radius 3 is 2.75 bits per heavy atom. The van der Waals surface area contributed by atoms with Gasteiger partial charge in [0.15, 0.2) is 19.3 Å². The van der Waals surface area contributed by atoms with Gasteiger partial charge in [-0.1, -0.05) is 21.5 Å². The van der Waals surface area contributed by atoms with E-state index in [2.05, 4.69) is 39.7 Å². The highest BCUT2D eigenvalue weighted by Crippen LogP contribution is 1.96. The van der Waals surface area contributed by atoms with Crippen molar-refractivity contribution in [3.05, 3.63) is 11.6 Å². The van der Waals surface area contributed by atoms with E-state index in [1.54, 1.807) is 0 Å². The Bertz CT molecular complexity index is 191. The quantitative estimate of drug-likeness (QED) is 0.519. The average molecular weight is 233 g/mol. The van der Waals surface area contributed by atoms with E-state index in [-0.39, 0.29) is 0 Å². The van der Waals surface area contributed by atoms with Gasteiger partial charge in [0.2, 0.25) is 0 Å². The monoisotopic (exact) mass is 232 g/mol. The molecular weight excluding hydrogens is 218 g/mol. The van der Waals surface area contributed by atoms with Crippen LogP contribution in [0.3, 0.4) is 0 Å². The topological polar surface area (TPSA) is 12.2 Å². The van der Waals surface area contributed by atoms with Crippen molar-refractivity contribution in [1.82, 2.24) is 0 Å². The normalized spacial score (nSPS) is 19.5. The average Bonchev–Trinajstić information content (AvgIpc) is 2.16. The van der Waals surface area contributed by atoms with Gasteiger partial charge in [0.1, 0.15) is 13.2 Å². The lowest BCUT2D eigenvalue weighted by Gasteiger charge is -2.09. The summed E-state index contributed by atoms with van der Waals surface area (Å²) in [5.74, 6) is 0. The third kappa shape index (κ3) is 3.50. The van der Waals surface area contributed by atoms with Gasteiger partial charge in [0.05, 0.1) is 0 Å². The summed E-state index contributed by atoms with van der Waals surface area (Å²) in [5.41, 5.74) is 1.35. The molecule has 12 heavy (non-hydrogen) atoms. The molecule has 0 saturated carbocycles. The maximum absolute atomic E-state index is 5.24. The van der Waals surface area contributed by atoms with Crippen molar-refractivity contribution < 1.29 is 9.31 Å². The van der Waals surface area contributed by atoms with Crippen LogP contribution in [0.2, 0.25) is 0 Å². The minimum Gasteiger partial charge on any atom is -0.368 e. The standard InChI is InChI=1S/C9H15BrNO/c1-9(8-10)2-3-11-4-6-12-7-5-11/h2-3H,4-8H2,1H3/q+1/b9-2+. The Balaban J connectivity index is 2.44. The van der Waals surface area contributed by atoms with Crippen molar-refractivity contribution in [3.8, 4) is 0 Å². The van der Waals surface area contributed by atoms with Crippen molar-refractivity contribution in [1.29, 1.82) is 0 Å². The fourth-order valence-corrected chi connectivity index (χ4v) is 1.19. The molecular formula is C9H15BrNO+. The molecule has 0 radical (unpaired) electrons. The van der Waals surface area contributed by atoms with E-state index in [1.807, 2.05) is 0 Å². The largest absolute Gasteiger partial charge is 0.368 e. The van der Waals surface area contributed by atoms with Crippen molar-refractivity contribution in [2.24, 2.45) is 0 Å².